The quantitative estimate of drug-likeness (QED) is 0.903. The van der Waals surface area contributed by atoms with Crippen LogP contribution in [0.2, 0.25) is 0 Å². The van der Waals surface area contributed by atoms with Crippen molar-refractivity contribution in [3.63, 3.8) is 0 Å². The number of rotatable bonds is 3. The second kappa shape index (κ2) is 4.70. The molecule has 0 aromatic carbocycles. The summed E-state index contributed by atoms with van der Waals surface area (Å²) in [6.45, 7) is 4.75. The van der Waals surface area contributed by atoms with E-state index >= 15 is 0 Å². The van der Waals surface area contributed by atoms with Crippen LogP contribution in [-0.2, 0) is 0 Å². The van der Waals surface area contributed by atoms with E-state index in [1.807, 2.05) is 0 Å². The number of hydrogen-bond donors (Lipinski definition) is 2. The van der Waals surface area contributed by atoms with Gasteiger partial charge in [0, 0.05) is 29.6 Å². The SMILES string of the molecule is C=Cc1coc2cnc(C(=O)NC3CC4CC3CN4)cc12. The number of amides is 1. The molecule has 1 saturated heterocycles. The van der Waals surface area contributed by atoms with Gasteiger partial charge in [0.05, 0.1) is 12.5 Å². The summed E-state index contributed by atoms with van der Waals surface area (Å²) in [4.78, 5) is 16.6. The standard InChI is InChI=1S/C16H17N3O2/c1-2-9-8-21-15-7-18-14(5-12(9)15)16(20)19-13-4-11-3-10(13)6-17-11/h2,5,7-8,10-11,13,17H,1,3-4,6H2,(H,19,20). The Hall–Kier alpha value is -2.14. The molecule has 5 heteroatoms. The molecule has 1 amide bonds. The van der Waals surface area contributed by atoms with Crippen LogP contribution in [0.1, 0.15) is 28.9 Å². The van der Waals surface area contributed by atoms with Gasteiger partial charge in [-0.1, -0.05) is 12.7 Å². The Balaban J connectivity index is 1.57. The van der Waals surface area contributed by atoms with E-state index in [4.69, 9.17) is 4.42 Å². The van der Waals surface area contributed by atoms with Gasteiger partial charge < -0.3 is 15.1 Å². The topological polar surface area (TPSA) is 67.2 Å². The van der Waals surface area contributed by atoms with E-state index in [0.717, 1.165) is 23.9 Å². The van der Waals surface area contributed by atoms with Crippen molar-refractivity contribution >= 4 is 23.0 Å². The van der Waals surface area contributed by atoms with Gasteiger partial charge in [0.25, 0.3) is 5.91 Å². The van der Waals surface area contributed by atoms with Crippen molar-refractivity contribution < 1.29 is 9.21 Å². The summed E-state index contributed by atoms with van der Waals surface area (Å²) < 4.78 is 5.37. The van der Waals surface area contributed by atoms with E-state index in [0.29, 0.717) is 23.2 Å². The zero-order valence-corrected chi connectivity index (χ0v) is 11.6. The number of hydrogen-bond acceptors (Lipinski definition) is 4. The van der Waals surface area contributed by atoms with E-state index < -0.39 is 0 Å². The van der Waals surface area contributed by atoms with Crippen molar-refractivity contribution in [2.24, 2.45) is 5.92 Å². The predicted octanol–water partition coefficient (Wildman–Crippen LogP) is 1.95. The minimum Gasteiger partial charge on any atom is -0.462 e. The fourth-order valence-electron chi connectivity index (χ4n) is 3.49. The highest BCUT2D eigenvalue weighted by molar-refractivity contribution is 5.97. The third kappa shape index (κ3) is 2.05. The average molecular weight is 283 g/mol. The molecule has 21 heavy (non-hydrogen) atoms. The van der Waals surface area contributed by atoms with Crippen LogP contribution in [0.15, 0.2) is 29.5 Å². The molecular weight excluding hydrogens is 266 g/mol. The first kappa shape index (κ1) is 12.6. The summed E-state index contributed by atoms with van der Waals surface area (Å²) in [5, 5.41) is 7.44. The molecule has 0 radical (unpaired) electrons. The van der Waals surface area contributed by atoms with Crippen molar-refractivity contribution in [2.45, 2.75) is 24.9 Å². The van der Waals surface area contributed by atoms with Crippen LogP contribution in [0.25, 0.3) is 17.0 Å². The molecule has 1 aliphatic carbocycles. The predicted molar refractivity (Wildman–Crippen MR) is 79.9 cm³/mol. The molecule has 3 unspecified atom stereocenters. The van der Waals surface area contributed by atoms with E-state index in [-0.39, 0.29) is 11.9 Å². The third-order valence-corrected chi connectivity index (χ3v) is 4.62. The van der Waals surface area contributed by atoms with Gasteiger partial charge >= 0.3 is 0 Å². The van der Waals surface area contributed by atoms with Crippen molar-refractivity contribution in [1.82, 2.24) is 15.6 Å². The van der Waals surface area contributed by atoms with Crippen LogP contribution < -0.4 is 10.6 Å². The Morgan fingerprint density at radius 1 is 1.52 bits per heavy atom. The highest BCUT2D eigenvalue weighted by atomic mass is 16.3. The van der Waals surface area contributed by atoms with Crippen LogP contribution in [0.3, 0.4) is 0 Å². The molecule has 5 nitrogen and oxygen atoms in total. The Morgan fingerprint density at radius 3 is 3.14 bits per heavy atom. The third-order valence-electron chi connectivity index (χ3n) is 4.62. The molecule has 0 spiro atoms. The van der Waals surface area contributed by atoms with Crippen molar-refractivity contribution in [2.75, 3.05) is 6.54 Å². The lowest BCUT2D eigenvalue weighted by molar-refractivity contribution is 0.0920. The van der Waals surface area contributed by atoms with Gasteiger partial charge in [0.2, 0.25) is 0 Å². The minimum atomic E-state index is -0.106. The molecule has 4 rings (SSSR count). The number of carbonyl (C=O) groups is 1. The fraction of sp³-hybridized carbons (Fsp3) is 0.375. The molecule has 2 fully saturated rings. The first-order valence-corrected chi connectivity index (χ1v) is 7.28. The van der Waals surface area contributed by atoms with Gasteiger partial charge in [-0.05, 0) is 24.8 Å². The number of fused-ring (bicyclic) bond motifs is 3. The Morgan fingerprint density at radius 2 is 2.43 bits per heavy atom. The van der Waals surface area contributed by atoms with Gasteiger partial charge in [-0.3, -0.25) is 4.79 Å². The molecule has 2 aromatic rings. The Kier molecular flexibility index (Phi) is 2.82. The lowest BCUT2D eigenvalue weighted by atomic mass is 10.0. The van der Waals surface area contributed by atoms with Gasteiger partial charge in [-0.15, -0.1) is 0 Å². The summed E-state index contributed by atoms with van der Waals surface area (Å²) in [6, 6.07) is 2.61. The summed E-state index contributed by atoms with van der Waals surface area (Å²) in [6.07, 6.45) is 7.12. The van der Waals surface area contributed by atoms with Crippen LogP contribution in [0, 0.1) is 5.92 Å². The molecule has 2 N–H and O–H groups in total. The summed E-state index contributed by atoms with van der Waals surface area (Å²) >= 11 is 0. The number of carbonyl (C=O) groups excluding carboxylic acids is 1. The van der Waals surface area contributed by atoms with E-state index in [1.165, 1.54) is 6.42 Å². The first-order valence-electron chi connectivity index (χ1n) is 7.28. The molecule has 1 saturated carbocycles. The molecule has 3 atom stereocenters. The average Bonchev–Trinajstić information content (AvgIpc) is 3.21. The highest BCUT2D eigenvalue weighted by Gasteiger charge is 2.40. The van der Waals surface area contributed by atoms with Gasteiger partial charge in [0.1, 0.15) is 5.69 Å². The number of nitrogens with zero attached hydrogens (tertiary/aromatic N) is 1. The largest absolute Gasteiger partial charge is 0.462 e. The van der Waals surface area contributed by atoms with E-state index in [9.17, 15) is 4.79 Å². The first-order chi connectivity index (χ1) is 10.2. The molecule has 1 aliphatic heterocycles. The molecule has 108 valence electrons. The number of piperidine rings is 1. The number of pyridine rings is 1. The normalized spacial score (nSPS) is 27.1. The minimum absolute atomic E-state index is 0.106. The number of nitrogens with one attached hydrogen (secondary N) is 2. The van der Waals surface area contributed by atoms with E-state index in [1.54, 1.807) is 24.6 Å². The lowest BCUT2D eigenvalue weighted by Gasteiger charge is -2.23. The summed E-state index contributed by atoms with van der Waals surface area (Å²) in [5.74, 6) is 0.450. The maximum absolute atomic E-state index is 12.4. The Labute approximate surface area is 122 Å². The maximum Gasteiger partial charge on any atom is 0.270 e. The van der Waals surface area contributed by atoms with Crippen LogP contribution in [0.4, 0.5) is 0 Å². The smallest absolute Gasteiger partial charge is 0.270 e. The number of aromatic nitrogens is 1. The zero-order valence-electron chi connectivity index (χ0n) is 11.6. The lowest BCUT2D eigenvalue weighted by Crippen LogP contribution is -2.44. The van der Waals surface area contributed by atoms with Gasteiger partial charge in [-0.2, -0.15) is 0 Å². The fourth-order valence-corrected chi connectivity index (χ4v) is 3.49. The van der Waals surface area contributed by atoms with E-state index in [2.05, 4.69) is 22.2 Å². The molecule has 2 aliphatic rings. The summed E-state index contributed by atoms with van der Waals surface area (Å²) in [7, 11) is 0. The molecule has 2 aromatic heterocycles. The van der Waals surface area contributed by atoms with Crippen molar-refractivity contribution in [3.05, 3.63) is 36.4 Å². The highest BCUT2D eigenvalue weighted by Crippen LogP contribution is 2.31. The van der Waals surface area contributed by atoms with Crippen LogP contribution >= 0.6 is 0 Å². The monoisotopic (exact) mass is 283 g/mol. The van der Waals surface area contributed by atoms with Crippen LogP contribution in [-0.4, -0.2) is 29.5 Å². The van der Waals surface area contributed by atoms with Crippen LogP contribution in [0.5, 0.6) is 0 Å². The van der Waals surface area contributed by atoms with Crippen molar-refractivity contribution in [3.8, 4) is 0 Å². The second-order valence-corrected chi connectivity index (χ2v) is 5.88. The summed E-state index contributed by atoms with van der Waals surface area (Å²) in [5.41, 5.74) is 1.99. The molecule has 2 bridgehead atoms. The van der Waals surface area contributed by atoms with Gasteiger partial charge in [-0.25, -0.2) is 4.98 Å². The van der Waals surface area contributed by atoms with Crippen molar-refractivity contribution in [1.29, 1.82) is 0 Å². The zero-order chi connectivity index (χ0) is 14.4. The maximum atomic E-state index is 12.4. The Bertz CT molecular complexity index is 721. The number of furan rings is 1. The molecular formula is C16H17N3O2. The van der Waals surface area contributed by atoms with Gasteiger partial charge in [0.15, 0.2) is 5.58 Å². The molecule has 3 heterocycles. The second-order valence-electron chi connectivity index (χ2n) is 5.88.